The van der Waals surface area contributed by atoms with Gasteiger partial charge in [-0.2, -0.15) is 0 Å². The Morgan fingerprint density at radius 1 is 0.258 bits per heavy atom. The lowest BCUT2D eigenvalue weighted by atomic mass is 10.1. The zero-order valence-electron chi connectivity index (χ0n) is 38.1. The van der Waals surface area contributed by atoms with Crippen LogP contribution in [-0.4, -0.2) is 165 Å². The van der Waals surface area contributed by atoms with Crippen molar-refractivity contribution in [1.82, 2.24) is 0 Å². The largest absolute Gasteiger partial charge is 0.463 e. The molecule has 3 heterocycles. The molecule has 3 unspecified atom stereocenters. The van der Waals surface area contributed by atoms with Crippen LogP contribution in [0.2, 0.25) is 0 Å². The predicted molar refractivity (Wildman–Crippen MR) is 205 cm³/mol. The molecule has 0 spiro atoms. The Balaban J connectivity index is 0.000000495. The van der Waals surface area contributed by atoms with Crippen LogP contribution >= 0.6 is 0 Å². The lowest BCUT2D eigenvalue weighted by Gasteiger charge is -2.22. The molecule has 3 saturated heterocycles. The molecule has 0 N–H and O–H groups in total. The molecule has 66 heavy (non-hydrogen) atoms. The second-order valence-corrected chi connectivity index (χ2v) is 13.8. The highest BCUT2D eigenvalue weighted by atomic mass is 16.8. The van der Waals surface area contributed by atoms with Gasteiger partial charge in [0.1, 0.15) is 38.1 Å². The number of esters is 12. The second-order valence-electron chi connectivity index (χ2n) is 13.8. The molecule has 0 aromatic carbocycles. The molecule has 27 nitrogen and oxygen atoms in total. The van der Waals surface area contributed by atoms with E-state index >= 15 is 0 Å². The lowest BCUT2D eigenvalue weighted by molar-refractivity contribution is -0.197. The number of carbonyl (C=O) groups excluding carboxylic acids is 12. The highest BCUT2D eigenvalue weighted by Gasteiger charge is 2.54. The Morgan fingerprint density at radius 3 is 0.576 bits per heavy atom. The first-order chi connectivity index (χ1) is 30.6. The van der Waals surface area contributed by atoms with E-state index in [9.17, 15) is 57.5 Å². The van der Waals surface area contributed by atoms with Gasteiger partial charge in [-0.25, -0.2) is 0 Å². The normalized spacial score (nSPS) is 26.9. The second kappa shape index (κ2) is 27.8. The monoisotopic (exact) mass is 954 g/mol. The SMILES string of the molecule is CC(=O)OC[C@H]1O[C@H](OC(C)=O)C(OC(C)=O)[C@H]1OC(C)=O.CC(=O)OC[C@H]1O[C@H](OC(C)=O)C(OC(C)=O)[C@H]1OC(C)=O.CC(=O)OC[C@H]1O[C@H](OC(C)=O)C(OC(C)=O)[C@H]1OC(C)=O. The summed E-state index contributed by atoms with van der Waals surface area (Å²) in [4.78, 5) is 133. The summed E-state index contributed by atoms with van der Waals surface area (Å²) < 4.78 is 75.5. The van der Waals surface area contributed by atoms with E-state index in [4.69, 9.17) is 71.1 Å². The van der Waals surface area contributed by atoms with Crippen LogP contribution in [0.3, 0.4) is 0 Å². The van der Waals surface area contributed by atoms with Gasteiger partial charge in [0.2, 0.25) is 37.2 Å². The molecule has 372 valence electrons. The summed E-state index contributed by atoms with van der Waals surface area (Å²) in [5.41, 5.74) is 0. The van der Waals surface area contributed by atoms with Crippen molar-refractivity contribution in [2.75, 3.05) is 19.8 Å². The molecule has 3 rings (SSSR count). The summed E-state index contributed by atoms with van der Waals surface area (Å²) in [5, 5.41) is 0. The van der Waals surface area contributed by atoms with Crippen molar-refractivity contribution in [2.45, 2.75) is 157 Å². The predicted octanol–water partition coefficient (Wildman–Crippen LogP) is -0.897. The zero-order chi connectivity index (χ0) is 50.6. The van der Waals surface area contributed by atoms with Gasteiger partial charge in [0.25, 0.3) is 0 Å². The van der Waals surface area contributed by atoms with Crippen molar-refractivity contribution >= 4 is 71.6 Å². The van der Waals surface area contributed by atoms with Crippen molar-refractivity contribution in [3.63, 3.8) is 0 Å². The number of rotatable bonds is 15. The molecule has 0 radical (unpaired) electrons. The average Bonchev–Trinajstić information content (AvgIpc) is 3.73. The fourth-order valence-corrected chi connectivity index (χ4v) is 5.80. The maximum absolute atomic E-state index is 11.2. The highest BCUT2D eigenvalue weighted by Crippen LogP contribution is 2.31. The third-order valence-electron chi connectivity index (χ3n) is 7.81. The quantitative estimate of drug-likeness (QED) is 0.142. The van der Waals surface area contributed by atoms with E-state index in [0.717, 1.165) is 62.3 Å². The highest BCUT2D eigenvalue weighted by molar-refractivity contribution is 5.71. The van der Waals surface area contributed by atoms with Crippen molar-refractivity contribution < 1.29 is 129 Å². The smallest absolute Gasteiger partial charge is 0.305 e. The third-order valence-corrected chi connectivity index (χ3v) is 7.81. The van der Waals surface area contributed by atoms with Gasteiger partial charge in [-0.3, -0.25) is 57.5 Å². The number of ether oxygens (including phenoxy) is 15. The van der Waals surface area contributed by atoms with Crippen LogP contribution in [0.1, 0.15) is 83.1 Å². The molecular weight excluding hydrogens is 900 g/mol. The first-order valence-electron chi connectivity index (χ1n) is 19.5. The number of carbonyl (C=O) groups is 12. The van der Waals surface area contributed by atoms with E-state index in [1.807, 2.05) is 0 Å². The van der Waals surface area contributed by atoms with Crippen molar-refractivity contribution in [1.29, 1.82) is 0 Å². The first kappa shape index (κ1) is 57.5. The molecule has 3 aliphatic rings. The maximum Gasteiger partial charge on any atom is 0.305 e. The molecule has 0 aromatic rings. The fourth-order valence-electron chi connectivity index (χ4n) is 5.80. The minimum Gasteiger partial charge on any atom is -0.463 e. The van der Waals surface area contributed by atoms with Crippen LogP contribution in [0.5, 0.6) is 0 Å². The van der Waals surface area contributed by atoms with Crippen LogP contribution in [0.15, 0.2) is 0 Å². The van der Waals surface area contributed by atoms with Gasteiger partial charge in [-0.05, 0) is 0 Å². The lowest BCUT2D eigenvalue weighted by Crippen LogP contribution is -2.42. The summed E-state index contributed by atoms with van der Waals surface area (Å²) in [5.74, 6) is -7.67. The number of hydrogen-bond donors (Lipinski definition) is 0. The van der Waals surface area contributed by atoms with Gasteiger partial charge < -0.3 is 71.1 Å². The van der Waals surface area contributed by atoms with E-state index in [0.29, 0.717) is 0 Å². The molecule has 3 aliphatic heterocycles. The van der Waals surface area contributed by atoms with E-state index in [1.165, 1.54) is 20.8 Å². The number of hydrogen-bond acceptors (Lipinski definition) is 27. The molecule has 12 atom stereocenters. The molecule has 0 aromatic heterocycles. The van der Waals surface area contributed by atoms with Gasteiger partial charge >= 0.3 is 71.6 Å². The molecule has 0 amide bonds. The Hall–Kier alpha value is -6.48. The third kappa shape index (κ3) is 21.5. The summed E-state index contributed by atoms with van der Waals surface area (Å²) in [7, 11) is 0. The van der Waals surface area contributed by atoms with E-state index in [1.54, 1.807) is 0 Å². The molecule has 0 bridgehead atoms. The van der Waals surface area contributed by atoms with Gasteiger partial charge in [0.15, 0.2) is 18.3 Å². The van der Waals surface area contributed by atoms with E-state index in [2.05, 4.69) is 0 Å². The average molecular weight is 955 g/mol. The summed E-state index contributed by atoms with van der Waals surface area (Å²) in [6.07, 6.45) is -13.2. The zero-order valence-corrected chi connectivity index (χ0v) is 38.1. The Bertz CT molecular complexity index is 1570. The van der Waals surface area contributed by atoms with Crippen molar-refractivity contribution in [2.24, 2.45) is 0 Å². The minimum atomic E-state index is -1.26. The Labute approximate surface area is 376 Å². The maximum atomic E-state index is 11.2. The van der Waals surface area contributed by atoms with Gasteiger partial charge in [-0.1, -0.05) is 0 Å². The van der Waals surface area contributed by atoms with Crippen LogP contribution in [0.4, 0.5) is 0 Å². The minimum absolute atomic E-state index is 0.247. The fraction of sp³-hybridized carbons (Fsp3) is 0.692. The van der Waals surface area contributed by atoms with Crippen LogP contribution in [0, 0.1) is 0 Å². The molecule has 3 fully saturated rings. The van der Waals surface area contributed by atoms with Crippen molar-refractivity contribution in [3.05, 3.63) is 0 Å². The Morgan fingerprint density at radius 2 is 0.424 bits per heavy atom. The molecular formula is C39H54O27. The summed E-state index contributed by atoms with van der Waals surface area (Å²) in [6.45, 7) is 13.2. The van der Waals surface area contributed by atoms with E-state index < -0.39 is 145 Å². The summed E-state index contributed by atoms with van der Waals surface area (Å²) in [6, 6.07) is 0. The van der Waals surface area contributed by atoms with Gasteiger partial charge in [0.05, 0.1) is 0 Å². The van der Waals surface area contributed by atoms with Gasteiger partial charge in [-0.15, -0.1) is 0 Å². The Kier molecular flexibility index (Phi) is 24.2. The standard InChI is InChI=1S/3C13H18O9/c3*1-6(14)18-5-10-11(19-7(2)15)12(20-8(3)16)13(22-10)21-9(4)17/h3*10-13H,5H2,1-4H3/t3*10-,11+,12?,13+/m111/s1. The first-order valence-corrected chi connectivity index (χ1v) is 19.5. The molecule has 27 heteroatoms. The topological polar surface area (TPSA) is 343 Å². The molecule has 0 aliphatic carbocycles. The van der Waals surface area contributed by atoms with Crippen LogP contribution in [-0.2, 0) is 129 Å². The summed E-state index contributed by atoms with van der Waals surface area (Å²) >= 11 is 0. The molecule has 0 saturated carbocycles. The van der Waals surface area contributed by atoms with Gasteiger partial charge in [0, 0.05) is 83.1 Å². The van der Waals surface area contributed by atoms with E-state index in [-0.39, 0.29) is 19.8 Å². The van der Waals surface area contributed by atoms with Crippen LogP contribution < -0.4 is 0 Å². The van der Waals surface area contributed by atoms with Crippen LogP contribution in [0.25, 0.3) is 0 Å². The van der Waals surface area contributed by atoms with Crippen molar-refractivity contribution in [3.8, 4) is 0 Å².